The van der Waals surface area contributed by atoms with Crippen molar-refractivity contribution in [3.05, 3.63) is 52.8 Å². The number of benzene rings is 1. The van der Waals surface area contributed by atoms with E-state index in [1.54, 1.807) is 36.4 Å². The lowest BCUT2D eigenvalue weighted by atomic mass is 10.1. The van der Waals surface area contributed by atoms with Gasteiger partial charge in [-0.1, -0.05) is 24.3 Å². The summed E-state index contributed by atoms with van der Waals surface area (Å²) in [6.45, 7) is 6.75. The standard InChI is InChI=1S/C26H33N5O5/c1-25(2,3)36-24(35)28-26(9-10-26)23(34)30-11-6-12-31-17(15-30)14-19(29-31)22(33)27-21-18-8-5-4-7-16(18)13-20(21)32/h4-5,7-8,14,20-21,32H,6,9-13,15H2,1-3H3,(H,27,33)(H,28,35)/t20-,21+/m1/s1. The lowest BCUT2D eigenvalue weighted by Gasteiger charge is -2.27. The summed E-state index contributed by atoms with van der Waals surface area (Å²) in [5, 5.41) is 20.7. The van der Waals surface area contributed by atoms with Crippen LogP contribution in [0.15, 0.2) is 30.3 Å². The molecule has 36 heavy (non-hydrogen) atoms. The molecule has 1 saturated carbocycles. The first-order valence-electron chi connectivity index (χ1n) is 12.5. The number of carbonyl (C=O) groups excluding carboxylic acids is 3. The average Bonchev–Trinajstić information content (AvgIpc) is 3.42. The van der Waals surface area contributed by atoms with Crippen molar-refractivity contribution in [1.29, 1.82) is 0 Å². The second-order valence-electron chi connectivity index (χ2n) is 11.0. The fraction of sp³-hybridized carbons (Fsp3) is 0.538. The Morgan fingerprint density at radius 3 is 2.64 bits per heavy atom. The number of amides is 3. The molecule has 192 valence electrons. The average molecular weight is 496 g/mol. The molecule has 0 spiro atoms. The highest BCUT2D eigenvalue weighted by Gasteiger charge is 2.54. The van der Waals surface area contributed by atoms with E-state index in [0.29, 0.717) is 45.3 Å². The maximum Gasteiger partial charge on any atom is 0.408 e. The highest BCUT2D eigenvalue weighted by atomic mass is 16.6. The van der Waals surface area contributed by atoms with Crippen molar-refractivity contribution < 1.29 is 24.2 Å². The van der Waals surface area contributed by atoms with Crippen LogP contribution >= 0.6 is 0 Å². The maximum absolute atomic E-state index is 13.4. The Balaban J connectivity index is 1.26. The van der Waals surface area contributed by atoms with Crippen LogP contribution in [0.25, 0.3) is 0 Å². The van der Waals surface area contributed by atoms with E-state index in [9.17, 15) is 19.5 Å². The fourth-order valence-electron chi connectivity index (χ4n) is 5.03. The number of aliphatic hydroxyl groups is 1. The molecule has 2 aliphatic carbocycles. The molecule has 3 amide bonds. The molecule has 3 aliphatic rings. The van der Waals surface area contributed by atoms with Crippen LogP contribution < -0.4 is 10.6 Å². The zero-order valence-electron chi connectivity index (χ0n) is 20.9. The van der Waals surface area contributed by atoms with E-state index in [4.69, 9.17) is 4.74 Å². The Kier molecular flexibility index (Phi) is 6.02. The fourth-order valence-corrected chi connectivity index (χ4v) is 5.03. The molecule has 10 heteroatoms. The lowest BCUT2D eigenvalue weighted by Crippen LogP contribution is -2.51. The third-order valence-corrected chi connectivity index (χ3v) is 6.92. The van der Waals surface area contributed by atoms with Crippen molar-refractivity contribution in [3.8, 4) is 0 Å². The normalized spacial score (nSPS) is 22.2. The third kappa shape index (κ3) is 4.82. The summed E-state index contributed by atoms with van der Waals surface area (Å²) in [7, 11) is 0. The number of aliphatic hydroxyl groups excluding tert-OH is 1. The molecular weight excluding hydrogens is 462 g/mol. The van der Waals surface area contributed by atoms with E-state index in [1.165, 1.54) is 0 Å². The molecule has 0 saturated heterocycles. The lowest BCUT2D eigenvalue weighted by molar-refractivity contribution is -0.135. The largest absolute Gasteiger partial charge is 0.444 e. The highest BCUT2D eigenvalue weighted by molar-refractivity contribution is 5.94. The number of alkyl carbamates (subject to hydrolysis) is 1. The van der Waals surface area contributed by atoms with Gasteiger partial charge in [0.1, 0.15) is 11.1 Å². The summed E-state index contributed by atoms with van der Waals surface area (Å²) in [5.74, 6) is -0.501. The Morgan fingerprint density at radius 2 is 1.92 bits per heavy atom. The molecular formula is C26H33N5O5. The van der Waals surface area contributed by atoms with Gasteiger partial charge in [-0.25, -0.2) is 4.79 Å². The molecule has 0 radical (unpaired) electrons. The third-order valence-electron chi connectivity index (χ3n) is 6.92. The highest BCUT2D eigenvalue weighted by Crippen LogP contribution is 2.38. The second-order valence-corrected chi connectivity index (χ2v) is 11.0. The summed E-state index contributed by atoms with van der Waals surface area (Å²) < 4.78 is 7.11. The quantitative estimate of drug-likeness (QED) is 0.596. The van der Waals surface area contributed by atoms with E-state index < -0.39 is 29.4 Å². The molecule has 10 nitrogen and oxygen atoms in total. The minimum atomic E-state index is -0.927. The van der Waals surface area contributed by atoms with Gasteiger partial charge < -0.3 is 25.4 Å². The van der Waals surface area contributed by atoms with Crippen LogP contribution in [0.4, 0.5) is 4.79 Å². The van der Waals surface area contributed by atoms with Crippen LogP contribution in [0.3, 0.4) is 0 Å². The molecule has 1 aromatic carbocycles. The van der Waals surface area contributed by atoms with Crippen LogP contribution in [0, 0.1) is 0 Å². The van der Waals surface area contributed by atoms with Gasteiger partial charge in [-0.3, -0.25) is 14.3 Å². The minimum absolute atomic E-state index is 0.139. The van der Waals surface area contributed by atoms with Gasteiger partial charge in [-0.15, -0.1) is 0 Å². The van der Waals surface area contributed by atoms with Gasteiger partial charge >= 0.3 is 6.09 Å². The SMILES string of the molecule is CC(C)(C)OC(=O)NC1(C(=O)N2CCCn3nc(C(=O)N[C@H]4c5ccccc5C[C@H]4O)cc3C2)CC1. The van der Waals surface area contributed by atoms with Gasteiger partial charge in [0.15, 0.2) is 5.69 Å². The number of fused-ring (bicyclic) bond motifs is 2. The molecule has 1 fully saturated rings. The molecule has 0 bridgehead atoms. The molecule has 1 aliphatic heterocycles. The molecule has 1 aromatic heterocycles. The van der Waals surface area contributed by atoms with Crippen molar-refractivity contribution in [2.45, 2.75) is 82.8 Å². The van der Waals surface area contributed by atoms with Crippen LogP contribution in [-0.2, 0) is 29.0 Å². The number of hydrogen-bond donors (Lipinski definition) is 3. The van der Waals surface area contributed by atoms with Crippen LogP contribution in [0.2, 0.25) is 0 Å². The summed E-state index contributed by atoms with van der Waals surface area (Å²) in [6, 6.07) is 8.91. The Bertz CT molecular complexity index is 1200. The van der Waals surface area contributed by atoms with Gasteiger partial charge in [0.25, 0.3) is 5.91 Å². The minimum Gasteiger partial charge on any atom is -0.444 e. The van der Waals surface area contributed by atoms with Crippen molar-refractivity contribution in [2.75, 3.05) is 6.54 Å². The van der Waals surface area contributed by atoms with E-state index in [2.05, 4.69) is 15.7 Å². The Morgan fingerprint density at radius 1 is 1.17 bits per heavy atom. The summed E-state index contributed by atoms with van der Waals surface area (Å²) >= 11 is 0. The van der Waals surface area contributed by atoms with E-state index in [1.807, 2.05) is 24.3 Å². The number of carbonyl (C=O) groups is 3. The first-order valence-corrected chi connectivity index (χ1v) is 12.5. The monoisotopic (exact) mass is 495 g/mol. The summed E-state index contributed by atoms with van der Waals surface area (Å²) in [5.41, 5.74) is 1.38. The first-order chi connectivity index (χ1) is 17.0. The topological polar surface area (TPSA) is 126 Å². The molecule has 2 heterocycles. The van der Waals surface area contributed by atoms with Crippen molar-refractivity contribution in [2.24, 2.45) is 0 Å². The Hall–Kier alpha value is -3.40. The predicted octanol–water partition coefficient (Wildman–Crippen LogP) is 2.06. The predicted molar refractivity (Wildman–Crippen MR) is 130 cm³/mol. The zero-order valence-corrected chi connectivity index (χ0v) is 20.9. The number of rotatable bonds is 4. The van der Waals surface area contributed by atoms with Crippen molar-refractivity contribution in [3.63, 3.8) is 0 Å². The molecule has 2 atom stereocenters. The molecule has 0 unspecified atom stereocenters. The van der Waals surface area contributed by atoms with E-state index in [-0.39, 0.29) is 17.5 Å². The smallest absolute Gasteiger partial charge is 0.408 e. The van der Waals surface area contributed by atoms with Gasteiger partial charge in [-0.05, 0) is 57.2 Å². The number of nitrogens with one attached hydrogen (secondary N) is 2. The van der Waals surface area contributed by atoms with Gasteiger partial charge in [-0.2, -0.15) is 5.10 Å². The van der Waals surface area contributed by atoms with Crippen LogP contribution in [0.5, 0.6) is 0 Å². The second kappa shape index (κ2) is 8.92. The van der Waals surface area contributed by atoms with Crippen molar-refractivity contribution in [1.82, 2.24) is 25.3 Å². The van der Waals surface area contributed by atoms with Crippen LogP contribution in [-0.4, -0.2) is 61.5 Å². The molecule has 5 rings (SSSR count). The van der Waals surface area contributed by atoms with Crippen LogP contribution in [0.1, 0.15) is 73.4 Å². The number of aromatic nitrogens is 2. The number of ether oxygens (including phenoxy) is 1. The first kappa shape index (κ1) is 24.3. The van der Waals surface area contributed by atoms with Crippen molar-refractivity contribution >= 4 is 17.9 Å². The summed E-state index contributed by atoms with van der Waals surface area (Å²) in [6.07, 6.45) is 1.03. The maximum atomic E-state index is 13.4. The Labute approximate surface area is 210 Å². The van der Waals surface area contributed by atoms with Gasteiger partial charge in [0, 0.05) is 19.5 Å². The summed E-state index contributed by atoms with van der Waals surface area (Å²) in [4.78, 5) is 40.5. The number of nitrogens with zero attached hydrogens (tertiary/aromatic N) is 3. The molecule has 3 N–H and O–H groups in total. The number of aryl methyl sites for hydroxylation is 1. The van der Waals surface area contributed by atoms with E-state index in [0.717, 1.165) is 16.8 Å². The van der Waals surface area contributed by atoms with Gasteiger partial charge in [0.2, 0.25) is 5.91 Å². The molecule has 2 aromatic rings. The van der Waals surface area contributed by atoms with Gasteiger partial charge in [0.05, 0.1) is 24.4 Å². The van der Waals surface area contributed by atoms with E-state index >= 15 is 0 Å². The zero-order chi connectivity index (χ0) is 25.7. The number of hydrogen-bond acceptors (Lipinski definition) is 6.